The average Bonchev–Trinajstić information content (AvgIpc) is 2.63. The van der Waals surface area contributed by atoms with Crippen LogP contribution in [0.1, 0.15) is 12.8 Å². The lowest BCUT2D eigenvalue weighted by Gasteiger charge is -1.76. The quantitative estimate of drug-likeness (QED) is 0.536. The van der Waals surface area contributed by atoms with E-state index in [-0.39, 0.29) is 12.7 Å². The zero-order valence-electron chi connectivity index (χ0n) is 6.08. The molecule has 10 heavy (non-hydrogen) atoms. The molecule has 2 saturated heterocycles. The van der Waals surface area contributed by atoms with E-state index < -0.39 is 0 Å². The summed E-state index contributed by atoms with van der Waals surface area (Å²) in [6, 6.07) is 0. The number of epoxide rings is 1. The first-order valence-electron chi connectivity index (χ1n) is 3.73. The summed E-state index contributed by atoms with van der Waals surface area (Å²) in [5, 5.41) is 8.08. The zero-order valence-corrected chi connectivity index (χ0v) is 6.08. The third-order valence-electron chi connectivity index (χ3n) is 1.43. The van der Waals surface area contributed by atoms with Crippen LogP contribution in [0.5, 0.6) is 0 Å². The average molecular weight is 146 g/mol. The molecule has 2 fully saturated rings. The second kappa shape index (κ2) is 4.66. The van der Waals surface area contributed by atoms with Gasteiger partial charge in [-0.3, -0.25) is 0 Å². The highest BCUT2D eigenvalue weighted by molar-refractivity contribution is 4.65. The van der Waals surface area contributed by atoms with Gasteiger partial charge in [-0.15, -0.1) is 0 Å². The Labute approximate surface area is 60.9 Å². The van der Waals surface area contributed by atoms with Crippen LogP contribution in [0.15, 0.2) is 0 Å². The normalized spacial score (nSPS) is 29.1. The van der Waals surface area contributed by atoms with Crippen molar-refractivity contribution in [3.63, 3.8) is 0 Å². The van der Waals surface area contributed by atoms with Gasteiger partial charge in [-0.1, -0.05) is 0 Å². The number of hydrogen-bond acceptors (Lipinski definition) is 3. The van der Waals surface area contributed by atoms with E-state index in [0.717, 1.165) is 19.8 Å². The molecule has 2 aliphatic rings. The lowest BCUT2D eigenvalue weighted by molar-refractivity contribution is 0.198. The van der Waals surface area contributed by atoms with Crippen molar-refractivity contribution in [2.45, 2.75) is 18.9 Å². The van der Waals surface area contributed by atoms with Gasteiger partial charge in [0, 0.05) is 13.2 Å². The molecular weight excluding hydrogens is 132 g/mol. The summed E-state index contributed by atoms with van der Waals surface area (Å²) in [7, 11) is 0. The van der Waals surface area contributed by atoms with Crippen molar-refractivity contribution in [1.29, 1.82) is 0 Å². The predicted molar refractivity (Wildman–Crippen MR) is 36.9 cm³/mol. The molecule has 2 rings (SSSR count). The molecule has 0 spiro atoms. The molecule has 0 radical (unpaired) electrons. The molecule has 1 atom stereocenters. The molecule has 0 aromatic heterocycles. The topological polar surface area (TPSA) is 42.0 Å². The fraction of sp³-hybridized carbons (Fsp3) is 1.00. The molecule has 0 aromatic carbocycles. The molecule has 0 aromatic rings. The van der Waals surface area contributed by atoms with Gasteiger partial charge in [-0.05, 0) is 12.8 Å². The first-order valence-corrected chi connectivity index (χ1v) is 3.73. The van der Waals surface area contributed by atoms with Crippen LogP contribution >= 0.6 is 0 Å². The van der Waals surface area contributed by atoms with Crippen LogP contribution in [0.3, 0.4) is 0 Å². The fourth-order valence-corrected chi connectivity index (χ4v) is 0.684. The molecule has 60 valence electrons. The summed E-state index contributed by atoms with van der Waals surface area (Å²) < 4.78 is 9.55. The minimum Gasteiger partial charge on any atom is -0.394 e. The van der Waals surface area contributed by atoms with Crippen LogP contribution in [0.4, 0.5) is 0 Å². The Hall–Kier alpha value is -0.120. The van der Waals surface area contributed by atoms with Gasteiger partial charge >= 0.3 is 0 Å². The minimum absolute atomic E-state index is 0.190. The molecular formula is C7H14O3. The molecule has 1 unspecified atom stereocenters. The van der Waals surface area contributed by atoms with Crippen molar-refractivity contribution in [2.24, 2.45) is 0 Å². The molecule has 0 saturated carbocycles. The Morgan fingerprint density at radius 1 is 1.30 bits per heavy atom. The van der Waals surface area contributed by atoms with Gasteiger partial charge in [0.05, 0.1) is 13.2 Å². The Morgan fingerprint density at radius 2 is 1.90 bits per heavy atom. The van der Waals surface area contributed by atoms with Crippen molar-refractivity contribution >= 4 is 0 Å². The van der Waals surface area contributed by atoms with Crippen molar-refractivity contribution in [2.75, 3.05) is 26.4 Å². The molecule has 2 aliphatic heterocycles. The maximum atomic E-state index is 8.08. The van der Waals surface area contributed by atoms with Crippen LogP contribution in [-0.2, 0) is 9.47 Å². The minimum atomic E-state index is 0.190. The second-order valence-electron chi connectivity index (χ2n) is 2.46. The Bertz CT molecular complexity index is 69.3. The zero-order chi connectivity index (χ0) is 7.23. The molecule has 3 heteroatoms. The summed E-state index contributed by atoms with van der Waals surface area (Å²) in [6.07, 6.45) is 2.75. The van der Waals surface area contributed by atoms with Gasteiger partial charge < -0.3 is 14.6 Å². The molecule has 3 nitrogen and oxygen atoms in total. The van der Waals surface area contributed by atoms with Crippen LogP contribution in [0, 0.1) is 0 Å². The van der Waals surface area contributed by atoms with E-state index in [1.165, 1.54) is 12.8 Å². The van der Waals surface area contributed by atoms with Gasteiger partial charge in [0.1, 0.15) is 6.10 Å². The summed E-state index contributed by atoms with van der Waals surface area (Å²) >= 11 is 0. The van der Waals surface area contributed by atoms with E-state index in [2.05, 4.69) is 4.74 Å². The number of aliphatic hydroxyl groups excluding tert-OH is 1. The number of hydrogen-bond donors (Lipinski definition) is 1. The summed E-state index contributed by atoms with van der Waals surface area (Å²) in [6.45, 7) is 2.95. The van der Waals surface area contributed by atoms with Gasteiger partial charge in [-0.2, -0.15) is 0 Å². The van der Waals surface area contributed by atoms with Crippen LogP contribution in [0.25, 0.3) is 0 Å². The fourth-order valence-electron chi connectivity index (χ4n) is 0.684. The summed E-state index contributed by atoms with van der Waals surface area (Å²) in [5.74, 6) is 0. The highest BCUT2D eigenvalue weighted by atomic mass is 16.6. The highest BCUT2D eigenvalue weighted by Gasteiger charge is 2.19. The maximum Gasteiger partial charge on any atom is 0.104 e. The smallest absolute Gasteiger partial charge is 0.104 e. The Morgan fingerprint density at radius 3 is 2.00 bits per heavy atom. The van der Waals surface area contributed by atoms with Crippen molar-refractivity contribution in [1.82, 2.24) is 0 Å². The van der Waals surface area contributed by atoms with Crippen LogP contribution < -0.4 is 0 Å². The van der Waals surface area contributed by atoms with Crippen molar-refractivity contribution in [3.8, 4) is 0 Å². The van der Waals surface area contributed by atoms with Gasteiger partial charge in [0.2, 0.25) is 0 Å². The first kappa shape index (κ1) is 7.98. The Kier molecular flexibility index (Phi) is 3.72. The Balaban J connectivity index is 0.0000001000. The van der Waals surface area contributed by atoms with E-state index in [1.807, 2.05) is 0 Å². The third-order valence-corrected chi connectivity index (χ3v) is 1.43. The van der Waals surface area contributed by atoms with E-state index in [9.17, 15) is 0 Å². The molecule has 0 aliphatic carbocycles. The van der Waals surface area contributed by atoms with Gasteiger partial charge in [-0.25, -0.2) is 0 Å². The largest absolute Gasteiger partial charge is 0.394 e. The van der Waals surface area contributed by atoms with Gasteiger partial charge in [0.25, 0.3) is 0 Å². The van der Waals surface area contributed by atoms with E-state index in [0.29, 0.717) is 0 Å². The monoisotopic (exact) mass is 146 g/mol. The SMILES string of the molecule is C1CCOC1.OCC1CO1. The second-order valence-corrected chi connectivity index (χ2v) is 2.46. The van der Waals surface area contributed by atoms with E-state index in [1.54, 1.807) is 0 Å². The number of rotatable bonds is 1. The molecule has 1 N–H and O–H groups in total. The lowest BCUT2D eigenvalue weighted by Crippen LogP contribution is -1.88. The molecule has 0 amide bonds. The van der Waals surface area contributed by atoms with E-state index >= 15 is 0 Å². The highest BCUT2D eigenvalue weighted by Crippen LogP contribution is 2.04. The molecule has 2 heterocycles. The van der Waals surface area contributed by atoms with Crippen LogP contribution in [-0.4, -0.2) is 37.6 Å². The first-order chi connectivity index (χ1) is 4.93. The van der Waals surface area contributed by atoms with Crippen molar-refractivity contribution < 1.29 is 14.6 Å². The summed E-state index contributed by atoms with van der Waals surface area (Å²) in [4.78, 5) is 0. The standard InChI is InChI=1S/C4H8O.C3H6O2/c1-2-4-5-3-1;4-1-3-2-5-3/h1-4H2;3-4H,1-2H2. The molecule has 0 bridgehead atoms. The van der Waals surface area contributed by atoms with E-state index in [4.69, 9.17) is 9.84 Å². The maximum absolute atomic E-state index is 8.08. The third kappa shape index (κ3) is 3.82. The number of ether oxygens (including phenoxy) is 2. The predicted octanol–water partition coefficient (Wildman–Crippen LogP) is 0.174. The van der Waals surface area contributed by atoms with Crippen LogP contribution in [0.2, 0.25) is 0 Å². The lowest BCUT2D eigenvalue weighted by atomic mass is 10.4. The van der Waals surface area contributed by atoms with Crippen molar-refractivity contribution in [3.05, 3.63) is 0 Å². The number of aliphatic hydroxyl groups is 1. The van der Waals surface area contributed by atoms with Gasteiger partial charge in [0.15, 0.2) is 0 Å². The summed E-state index contributed by atoms with van der Waals surface area (Å²) in [5.41, 5.74) is 0.